The van der Waals surface area contributed by atoms with Crippen molar-refractivity contribution in [3.05, 3.63) is 47.2 Å². The van der Waals surface area contributed by atoms with Gasteiger partial charge < -0.3 is 14.2 Å². The lowest BCUT2D eigenvalue weighted by atomic mass is 9.88. The SMILES string of the molecule is COC(=O)C(=C1CCC2(CC1)OCCO2)N(C=O)OCc1ccccc1. The molecule has 2 aliphatic rings. The highest BCUT2D eigenvalue weighted by molar-refractivity contribution is 5.90. The van der Waals surface area contributed by atoms with Crippen molar-refractivity contribution in [2.45, 2.75) is 38.1 Å². The van der Waals surface area contributed by atoms with Crippen LogP contribution in [-0.4, -0.2) is 43.6 Å². The van der Waals surface area contributed by atoms with Gasteiger partial charge in [0, 0.05) is 12.8 Å². The number of carbonyl (C=O) groups is 2. The number of hydrogen-bond acceptors (Lipinski definition) is 6. The molecule has 1 aromatic carbocycles. The van der Waals surface area contributed by atoms with E-state index >= 15 is 0 Å². The minimum Gasteiger partial charge on any atom is -0.464 e. The molecule has 1 heterocycles. The van der Waals surface area contributed by atoms with Gasteiger partial charge >= 0.3 is 5.97 Å². The van der Waals surface area contributed by atoms with E-state index in [2.05, 4.69) is 0 Å². The van der Waals surface area contributed by atoms with E-state index < -0.39 is 11.8 Å². The predicted molar refractivity (Wildman–Crippen MR) is 91.3 cm³/mol. The molecule has 1 saturated carbocycles. The summed E-state index contributed by atoms with van der Waals surface area (Å²) >= 11 is 0. The summed E-state index contributed by atoms with van der Waals surface area (Å²) in [7, 11) is 1.29. The summed E-state index contributed by atoms with van der Waals surface area (Å²) in [5.41, 5.74) is 1.84. The standard InChI is InChI=1S/C19H23NO6/c1-23-18(22)17(16-7-9-19(10-8-16)24-11-12-25-19)20(14-21)26-13-15-5-3-2-4-6-15/h2-6,14H,7-13H2,1H3. The van der Waals surface area contributed by atoms with Crippen molar-refractivity contribution in [1.29, 1.82) is 0 Å². The van der Waals surface area contributed by atoms with E-state index in [1.54, 1.807) is 0 Å². The zero-order chi connectivity index (χ0) is 18.4. The van der Waals surface area contributed by atoms with E-state index in [1.165, 1.54) is 7.11 Å². The fourth-order valence-electron chi connectivity index (χ4n) is 3.31. The van der Waals surface area contributed by atoms with Crippen LogP contribution in [0.1, 0.15) is 31.2 Å². The first-order valence-corrected chi connectivity index (χ1v) is 8.67. The zero-order valence-corrected chi connectivity index (χ0v) is 14.8. The van der Waals surface area contributed by atoms with Gasteiger partial charge in [-0.1, -0.05) is 30.3 Å². The molecule has 0 atom stereocenters. The van der Waals surface area contributed by atoms with E-state index in [0.29, 0.717) is 45.3 Å². The van der Waals surface area contributed by atoms with Crippen LogP contribution in [0, 0.1) is 0 Å². The lowest BCUT2D eigenvalue weighted by Gasteiger charge is -2.34. The summed E-state index contributed by atoms with van der Waals surface area (Å²) in [4.78, 5) is 29.5. The lowest BCUT2D eigenvalue weighted by molar-refractivity contribution is -0.178. The summed E-state index contributed by atoms with van der Waals surface area (Å²) in [6.45, 7) is 1.34. The average Bonchev–Trinajstić information content (AvgIpc) is 3.14. The predicted octanol–water partition coefficient (Wildman–Crippen LogP) is 2.32. The van der Waals surface area contributed by atoms with Gasteiger partial charge in [-0.3, -0.25) is 9.63 Å². The van der Waals surface area contributed by atoms with Gasteiger partial charge in [0.05, 0.1) is 20.3 Å². The van der Waals surface area contributed by atoms with Crippen LogP contribution >= 0.6 is 0 Å². The van der Waals surface area contributed by atoms with Gasteiger partial charge in [0.1, 0.15) is 6.61 Å². The van der Waals surface area contributed by atoms with Crippen molar-refractivity contribution in [3.63, 3.8) is 0 Å². The van der Waals surface area contributed by atoms with Crippen molar-refractivity contribution in [2.75, 3.05) is 20.3 Å². The summed E-state index contributed by atoms with van der Waals surface area (Å²) in [6, 6.07) is 9.42. The molecule has 2 fully saturated rings. The number of carbonyl (C=O) groups excluding carboxylic acids is 2. The molecule has 1 aliphatic carbocycles. The fourth-order valence-corrected chi connectivity index (χ4v) is 3.31. The molecule has 0 N–H and O–H groups in total. The number of ether oxygens (including phenoxy) is 3. The second kappa shape index (κ2) is 8.44. The third kappa shape index (κ3) is 4.12. The number of esters is 1. The van der Waals surface area contributed by atoms with Gasteiger partial charge in [-0.2, -0.15) is 5.06 Å². The molecule has 1 spiro atoms. The van der Waals surface area contributed by atoms with Crippen LogP contribution in [0.5, 0.6) is 0 Å². The molecule has 1 amide bonds. The van der Waals surface area contributed by atoms with E-state index in [9.17, 15) is 9.59 Å². The van der Waals surface area contributed by atoms with E-state index in [1.807, 2.05) is 30.3 Å². The van der Waals surface area contributed by atoms with Crippen molar-refractivity contribution in [1.82, 2.24) is 5.06 Å². The molecular formula is C19H23NO6. The molecule has 3 rings (SSSR count). The number of amides is 1. The van der Waals surface area contributed by atoms with Crippen LogP contribution < -0.4 is 0 Å². The molecule has 0 unspecified atom stereocenters. The molecule has 0 radical (unpaired) electrons. The number of hydrogen-bond donors (Lipinski definition) is 0. The quantitative estimate of drug-likeness (QED) is 0.335. The van der Waals surface area contributed by atoms with Crippen molar-refractivity contribution in [3.8, 4) is 0 Å². The second-order valence-corrected chi connectivity index (χ2v) is 6.24. The highest BCUT2D eigenvalue weighted by Crippen LogP contribution is 2.39. The van der Waals surface area contributed by atoms with Crippen LogP contribution in [-0.2, 0) is 35.2 Å². The van der Waals surface area contributed by atoms with E-state index in [0.717, 1.165) is 16.2 Å². The zero-order valence-electron chi connectivity index (χ0n) is 14.8. The molecule has 1 saturated heterocycles. The number of nitrogens with zero attached hydrogens (tertiary/aromatic N) is 1. The Labute approximate surface area is 152 Å². The number of hydroxylamine groups is 2. The van der Waals surface area contributed by atoms with Crippen LogP contribution in [0.4, 0.5) is 0 Å². The summed E-state index contributed by atoms with van der Waals surface area (Å²) in [5.74, 6) is -1.15. The largest absolute Gasteiger partial charge is 0.464 e. The van der Waals surface area contributed by atoms with Gasteiger partial charge in [0.25, 0.3) is 0 Å². The van der Waals surface area contributed by atoms with Crippen LogP contribution in [0.15, 0.2) is 41.6 Å². The molecule has 140 valence electrons. The Morgan fingerprint density at radius 1 is 1.19 bits per heavy atom. The Bertz CT molecular complexity index is 654. The first-order valence-electron chi connectivity index (χ1n) is 8.67. The summed E-state index contributed by atoms with van der Waals surface area (Å²) in [6.07, 6.45) is 2.91. The molecule has 1 aromatic rings. The van der Waals surface area contributed by atoms with Gasteiger partial charge in [0.2, 0.25) is 6.41 Å². The Kier molecular flexibility index (Phi) is 6.03. The average molecular weight is 361 g/mol. The van der Waals surface area contributed by atoms with Crippen molar-refractivity contribution in [2.24, 2.45) is 0 Å². The van der Waals surface area contributed by atoms with Crippen LogP contribution in [0.3, 0.4) is 0 Å². The third-order valence-electron chi connectivity index (χ3n) is 4.67. The maximum Gasteiger partial charge on any atom is 0.357 e. The Morgan fingerprint density at radius 3 is 2.42 bits per heavy atom. The van der Waals surface area contributed by atoms with E-state index in [-0.39, 0.29) is 12.3 Å². The highest BCUT2D eigenvalue weighted by Gasteiger charge is 2.40. The number of benzene rings is 1. The van der Waals surface area contributed by atoms with Gasteiger partial charge in [-0.15, -0.1) is 0 Å². The fraction of sp³-hybridized carbons (Fsp3) is 0.474. The Morgan fingerprint density at radius 2 is 1.85 bits per heavy atom. The Hall–Kier alpha value is -2.22. The normalized spacial score (nSPS) is 18.6. The molecule has 26 heavy (non-hydrogen) atoms. The maximum atomic E-state index is 12.3. The monoisotopic (exact) mass is 361 g/mol. The first kappa shape index (κ1) is 18.6. The molecular weight excluding hydrogens is 338 g/mol. The van der Waals surface area contributed by atoms with Crippen LogP contribution in [0.2, 0.25) is 0 Å². The maximum absolute atomic E-state index is 12.3. The highest BCUT2D eigenvalue weighted by atomic mass is 16.7. The minimum atomic E-state index is -0.593. The van der Waals surface area contributed by atoms with Crippen molar-refractivity contribution >= 4 is 12.4 Å². The molecule has 7 nitrogen and oxygen atoms in total. The smallest absolute Gasteiger partial charge is 0.357 e. The topological polar surface area (TPSA) is 74.3 Å². The molecule has 0 aromatic heterocycles. The molecule has 0 bridgehead atoms. The Balaban J connectivity index is 1.75. The van der Waals surface area contributed by atoms with Gasteiger partial charge in [0.15, 0.2) is 11.5 Å². The lowest BCUT2D eigenvalue weighted by Crippen LogP contribution is -2.35. The summed E-state index contributed by atoms with van der Waals surface area (Å²) < 4.78 is 16.3. The second-order valence-electron chi connectivity index (χ2n) is 6.24. The van der Waals surface area contributed by atoms with Gasteiger partial charge in [-0.25, -0.2) is 4.79 Å². The summed E-state index contributed by atoms with van der Waals surface area (Å²) in [5, 5.41) is 0.975. The number of rotatable bonds is 6. The first-order chi connectivity index (χ1) is 12.7. The van der Waals surface area contributed by atoms with Gasteiger partial charge in [-0.05, 0) is 24.0 Å². The third-order valence-corrected chi connectivity index (χ3v) is 4.67. The van der Waals surface area contributed by atoms with Crippen molar-refractivity contribution < 1.29 is 28.6 Å². The number of methoxy groups -OCH3 is 1. The number of allylic oxidation sites excluding steroid dienone is 1. The minimum absolute atomic E-state index is 0.145. The molecule has 7 heteroatoms. The van der Waals surface area contributed by atoms with E-state index in [4.69, 9.17) is 19.0 Å². The molecule has 1 aliphatic heterocycles. The van der Waals surface area contributed by atoms with Crippen LogP contribution in [0.25, 0.3) is 0 Å².